The first kappa shape index (κ1) is 17.2. The van der Waals surface area contributed by atoms with Gasteiger partial charge in [0, 0.05) is 22.2 Å². The summed E-state index contributed by atoms with van der Waals surface area (Å²) < 4.78 is 0. The van der Waals surface area contributed by atoms with Gasteiger partial charge in [0.15, 0.2) is 0 Å². The Labute approximate surface area is 158 Å². The van der Waals surface area contributed by atoms with Crippen molar-refractivity contribution in [2.24, 2.45) is 11.1 Å². The van der Waals surface area contributed by atoms with Gasteiger partial charge < -0.3 is 4.84 Å². The molecule has 0 aromatic heterocycles. The SMILES string of the molecule is Cc1ccc(N2C(=O)[C@@H]3C(c4ccccc4Cl)=NO[C@@H]3C2=O)cc1[N+](=O)[O-]. The van der Waals surface area contributed by atoms with E-state index in [1.54, 1.807) is 31.2 Å². The molecule has 0 saturated carbocycles. The second-order valence-corrected chi connectivity index (χ2v) is 6.61. The van der Waals surface area contributed by atoms with Crippen molar-refractivity contribution in [1.82, 2.24) is 0 Å². The fourth-order valence-electron chi connectivity index (χ4n) is 3.26. The summed E-state index contributed by atoms with van der Waals surface area (Å²) in [6.45, 7) is 1.58. The van der Waals surface area contributed by atoms with Gasteiger partial charge in [-0.2, -0.15) is 0 Å². The Morgan fingerprint density at radius 1 is 1.19 bits per heavy atom. The predicted octanol–water partition coefficient (Wildman–Crippen LogP) is 2.85. The Morgan fingerprint density at radius 2 is 1.93 bits per heavy atom. The monoisotopic (exact) mass is 385 g/mol. The third-order valence-corrected chi connectivity index (χ3v) is 4.94. The number of halogens is 1. The molecule has 2 aromatic rings. The quantitative estimate of drug-likeness (QED) is 0.459. The third kappa shape index (κ3) is 2.57. The molecule has 2 heterocycles. The number of aryl methyl sites for hydroxylation is 1. The lowest BCUT2D eigenvalue weighted by molar-refractivity contribution is -0.385. The van der Waals surface area contributed by atoms with E-state index >= 15 is 0 Å². The number of hydrogen-bond acceptors (Lipinski definition) is 6. The van der Waals surface area contributed by atoms with Crippen LogP contribution >= 0.6 is 11.6 Å². The zero-order chi connectivity index (χ0) is 19.3. The van der Waals surface area contributed by atoms with E-state index < -0.39 is 28.8 Å². The van der Waals surface area contributed by atoms with Crippen LogP contribution in [0.1, 0.15) is 11.1 Å². The highest BCUT2D eigenvalue weighted by Gasteiger charge is 2.56. The van der Waals surface area contributed by atoms with E-state index in [0.717, 1.165) is 4.90 Å². The van der Waals surface area contributed by atoms with Gasteiger partial charge in [-0.3, -0.25) is 19.7 Å². The molecule has 2 atom stereocenters. The summed E-state index contributed by atoms with van der Waals surface area (Å²) in [4.78, 5) is 42.5. The Balaban J connectivity index is 1.74. The van der Waals surface area contributed by atoms with Gasteiger partial charge in [-0.1, -0.05) is 41.0 Å². The molecule has 2 aliphatic rings. The van der Waals surface area contributed by atoms with E-state index in [2.05, 4.69) is 5.16 Å². The number of hydrogen-bond donors (Lipinski definition) is 0. The number of imide groups is 1. The number of fused-ring (bicyclic) bond motifs is 1. The molecule has 0 radical (unpaired) electrons. The Bertz CT molecular complexity index is 1040. The molecule has 0 spiro atoms. The summed E-state index contributed by atoms with van der Waals surface area (Å²) in [5.74, 6) is -2.12. The fourth-order valence-corrected chi connectivity index (χ4v) is 3.49. The molecule has 1 fully saturated rings. The zero-order valence-corrected chi connectivity index (χ0v) is 14.7. The van der Waals surface area contributed by atoms with Gasteiger partial charge in [0.25, 0.3) is 11.6 Å². The number of nitro groups is 1. The minimum absolute atomic E-state index is 0.124. The second kappa shape index (κ2) is 6.17. The van der Waals surface area contributed by atoms with Crippen molar-refractivity contribution in [3.05, 3.63) is 68.7 Å². The molecule has 27 heavy (non-hydrogen) atoms. The fraction of sp³-hybridized carbons (Fsp3) is 0.167. The molecule has 9 heteroatoms. The highest BCUT2D eigenvalue weighted by Crippen LogP contribution is 2.37. The maximum atomic E-state index is 13.0. The smallest absolute Gasteiger partial charge is 0.278 e. The largest absolute Gasteiger partial charge is 0.381 e. The minimum atomic E-state index is -1.11. The number of amides is 2. The topological polar surface area (TPSA) is 102 Å². The van der Waals surface area contributed by atoms with E-state index in [1.165, 1.54) is 18.2 Å². The molecule has 0 N–H and O–H groups in total. The molecule has 2 aliphatic heterocycles. The number of oxime groups is 1. The van der Waals surface area contributed by atoms with Crippen molar-refractivity contribution in [3.63, 3.8) is 0 Å². The van der Waals surface area contributed by atoms with Crippen LogP contribution in [0.2, 0.25) is 5.02 Å². The summed E-state index contributed by atoms with van der Waals surface area (Å²) in [5.41, 5.74) is 1.15. The summed E-state index contributed by atoms with van der Waals surface area (Å²) >= 11 is 6.18. The number of benzene rings is 2. The molecule has 0 aliphatic carbocycles. The van der Waals surface area contributed by atoms with E-state index in [1.807, 2.05) is 0 Å². The molecule has 1 saturated heterocycles. The maximum absolute atomic E-state index is 13.0. The van der Waals surface area contributed by atoms with Crippen LogP contribution in [-0.2, 0) is 14.4 Å². The lowest BCUT2D eigenvalue weighted by Gasteiger charge is -2.15. The predicted molar refractivity (Wildman–Crippen MR) is 96.7 cm³/mol. The Hall–Kier alpha value is -3.26. The average Bonchev–Trinajstić information content (AvgIpc) is 3.17. The Kier molecular flexibility index (Phi) is 3.92. The maximum Gasteiger partial charge on any atom is 0.278 e. The van der Waals surface area contributed by atoms with E-state index in [4.69, 9.17) is 16.4 Å². The van der Waals surface area contributed by atoms with Crippen LogP contribution in [0.4, 0.5) is 11.4 Å². The van der Waals surface area contributed by atoms with Crippen LogP contribution in [0.15, 0.2) is 47.6 Å². The van der Waals surface area contributed by atoms with Crippen molar-refractivity contribution < 1.29 is 19.3 Å². The van der Waals surface area contributed by atoms with Crippen molar-refractivity contribution in [2.45, 2.75) is 13.0 Å². The lowest BCUT2D eigenvalue weighted by atomic mass is 9.94. The van der Waals surface area contributed by atoms with Gasteiger partial charge in [-0.25, -0.2) is 4.90 Å². The summed E-state index contributed by atoms with van der Waals surface area (Å²) in [7, 11) is 0. The highest BCUT2D eigenvalue weighted by molar-refractivity contribution is 6.38. The molecule has 136 valence electrons. The van der Waals surface area contributed by atoms with Gasteiger partial charge in [0.1, 0.15) is 11.6 Å². The van der Waals surface area contributed by atoms with E-state index in [9.17, 15) is 19.7 Å². The average molecular weight is 386 g/mol. The van der Waals surface area contributed by atoms with Crippen LogP contribution in [-0.4, -0.2) is 28.6 Å². The van der Waals surface area contributed by atoms with Crippen molar-refractivity contribution >= 4 is 40.5 Å². The van der Waals surface area contributed by atoms with Crippen LogP contribution < -0.4 is 4.90 Å². The van der Waals surface area contributed by atoms with Gasteiger partial charge >= 0.3 is 0 Å². The number of carbonyl (C=O) groups excluding carboxylic acids is 2. The van der Waals surface area contributed by atoms with Gasteiger partial charge in [-0.05, 0) is 19.1 Å². The van der Waals surface area contributed by atoms with Crippen LogP contribution in [0.5, 0.6) is 0 Å². The molecule has 2 amide bonds. The van der Waals surface area contributed by atoms with E-state index in [0.29, 0.717) is 16.1 Å². The molecule has 0 unspecified atom stereocenters. The van der Waals surface area contributed by atoms with Crippen LogP contribution in [0.25, 0.3) is 0 Å². The molecular weight excluding hydrogens is 374 g/mol. The first-order valence-corrected chi connectivity index (χ1v) is 8.39. The lowest BCUT2D eigenvalue weighted by Crippen LogP contribution is -2.33. The van der Waals surface area contributed by atoms with Crippen LogP contribution in [0.3, 0.4) is 0 Å². The standard InChI is InChI=1S/C18H12ClN3O5/c1-9-6-7-10(8-13(9)22(25)26)21-17(23)14-15(20-27-16(14)18(21)24)11-4-2-3-5-12(11)19/h2-8,14,16H,1H3/t14-,16+/m1/s1. The molecule has 2 aromatic carbocycles. The normalized spacial score (nSPS) is 21.1. The number of rotatable bonds is 3. The Morgan fingerprint density at radius 3 is 2.63 bits per heavy atom. The molecule has 0 bridgehead atoms. The number of nitrogens with zero attached hydrogens (tertiary/aromatic N) is 3. The number of carbonyl (C=O) groups is 2. The highest BCUT2D eigenvalue weighted by atomic mass is 35.5. The second-order valence-electron chi connectivity index (χ2n) is 6.20. The summed E-state index contributed by atoms with van der Waals surface area (Å²) in [5, 5.41) is 15.5. The number of anilines is 1. The molecular formula is C18H12ClN3O5. The molecule has 4 rings (SSSR count). The first-order valence-electron chi connectivity index (χ1n) is 8.01. The first-order chi connectivity index (χ1) is 12.9. The van der Waals surface area contributed by atoms with Gasteiger partial charge in [0.2, 0.25) is 12.0 Å². The van der Waals surface area contributed by atoms with E-state index in [-0.39, 0.29) is 17.1 Å². The minimum Gasteiger partial charge on any atom is -0.381 e. The third-order valence-electron chi connectivity index (χ3n) is 4.61. The summed E-state index contributed by atoms with van der Waals surface area (Å²) in [6.07, 6.45) is -1.11. The molecule has 8 nitrogen and oxygen atoms in total. The van der Waals surface area contributed by atoms with Crippen molar-refractivity contribution in [1.29, 1.82) is 0 Å². The van der Waals surface area contributed by atoms with Gasteiger partial charge in [0.05, 0.1) is 10.6 Å². The van der Waals surface area contributed by atoms with Crippen LogP contribution in [0, 0.1) is 23.0 Å². The van der Waals surface area contributed by atoms with Gasteiger partial charge in [-0.15, -0.1) is 0 Å². The number of nitro benzene ring substituents is 1. The van der Waals surface area contributed by atoms with Crippen molar-refractivity contribution in [2.75, 3.05) is 4.90 Å². The zero-order valence-electron chi connectivity index (χ0n) is 14.0. The van der Waals surface area contributed by atoms with Crippen molar-refractivity contribution in [3.8, 4) is 0 Å². The summed E-state index contributed by atoms with van der Waals surface area (Å²) in [6, 6.07) is 11.0.